The topological polar surface area (TPSA) is 84.6 Å². The number of aliphatic hydroxyl groups excluding tert-OH is 2. The maximum absolute atomic E-state index is 13.5. The molecule has 6 nitrogen and oxygen atoms in total. The first-order chi connectivity index (χ1) is 12.8. The van der Waals surface area contributed by atoms with Gasteiger partial charge in [0.25, 0.3) is 0 Å². The van der Waals surface area contributed by atoms with E-state index in [9.17, 15) is 14.3 Å². The van der Waals surface area contributed by atoms with E-state index < -0.39 is 24.0 Å². The van der Waals surface area contributed by atoms with Crippen LogP contribution < -0.4 is 10.2 Å². The lowest BCUT2D eigenvalue weighted by Gasteiger charge is -2.17. The lowest BCUT2D eigenvalue weighted by Crippen LogP contribution is -2.22. The molecule has 142 valence electrons. The molecule has 2 aromatic heterocycles. The molecule has 27 heavy (non-hydrogen) atoms. The maximum Gasteiger partial charge on any atom is 0.227 e. The van der Waals surface area contributed by atoms with Crippen molar-refractivity contribution in [1.29, 1.82) is 0 Å². The molecule has 0 amide bonds. The Bertz CT molecular complexity index is 1050. The third-order valence-corrected chi connectivity index (χ3v) is 4.53. The number of aliphatic hydroxyl groups is 2. The largest absolute Gasteiger partial charge is 0.474 e. The summed E-state index contributed by atoms with van der Waals surface area (Å²) in [5.41, 5.74) is -0.0265. The number of halogens is 4. The zero-order chi connectivity index (χ0) is 19.7. The average molecular weight is 434 g/mol. The molecule has 1 atom stereocenters. The summed E-state index contributed by atoms with van der Waals surface area (Å²) < 4.78 is 20.3. The Morgan fingerprint density at radius 2 is 1.89 bits per heavy atom. The first kappa shape index (κ1) is 19.9. The molecule has 0 aliphatic heterocycles. The number of ether oxygens (including phenoxy) is 1. The van der Waals surface area contributed by atoms with Crippen LogP contribution in [0.4, 0.5) is 4.39 Å². The van der Waals surface area contributed by atoms with E-state index in [0.29, 0.717) is 0 Å². The van der Waals surface area contributed by atoms with Crippen molar-refractivity contribution in [2.45, 2.75) is 6.10 Å². The van der Waals surface area contributed by atoms with Gasteiger partial charge in [0.2, 0.25) is 5.88 Å². The van der Waals surface area contributed by atoms with E-state index in [2.05, 4.69) is 4.98 Å². The molecule has 1 aromatic carbocycles. The number of rotatable bonds is 5. The Balaban J connectivity index is 2.28. The van der Waals surface area contributed by atoms with E-state index in [1.54, 1.807) is 0 Å². The summed E-state index contributed by atoms with van der Waals surface area (Å²) in [6.45, 7) is -0.802. The Morgan fingerprint density at radius 3 is 2.52 bits per heavy atom. The van der Waals surface area contributed by atoms with Gasteiger partial charge in [0.1, 0.15) is 23.9 Å². The van der Waals surface area contributed by atoms with Crippen molar-refractivity contribution in [2.75, 3.05) is 13.2 Å². The van der Waals surface area contributed by atoms with Crippen LogP contribution in [0.25, 0.3) is 16.6 Å². The van der Waals surface area contributed by atoms with E-state index in [-0.39, 0.29) is 44.1 Å². The summed E-state index contributed by atoms with van der Waals surface area (Å²) in [6, 6.07) is 3.39. The lowest BCUT2D eigenvalue weighted by atomic mass is 10.2. The lowest BCUT2D eigenvalue weighted by molar-refractivity contribution is 0.0526. The summed E-state index contributed by atoms with van der Waals surface area (Å²) in [7, 11) is 0. The van der Waals surface area contributed by atoms with E-state index in [4.69, 9.17) is 44.6 Å². The van der Waals surface area contributed by atoms with Gasteiger partial charge >= 0.3 is 0 Å². The second-order valence-electron chi connectivity index (χ2n) is 5.55. The molecule has 0 saturated carbocycles. The summed E-state index contributed by atoms with van der Waals surface area (Å²) in [5, 5.41) is 18.5. The van der Waals surface area contributed by atoms with Gasteiger partial charge in [0.15, 0.2) is 5.43 Å². The molecule has 0 aliphatic carbocycles. The van der Waals surface area contributed by atoms with Crippen LogP contribution in [0.3, 0.4) is 0 Å². The molecule has 2 heterocycles. The van der Waals surface area contributed by atoms with Gasteiger partial charge in [-0.05, 0) is 12.1 Å². The number of benzene rings is 1. The summed E-state index contributed by atoms with van der Waals surface area (Å²) >= 11 is 18.6. The zero-order valence-electron chi connectivity index (χ0n) is 13.5. The van der Waals surface area contributed by atoms with E-state index in [1.165, 1.54) is 23.0 Å². The molecular formula is C17H12Cl3FN2O4. The minimum Gasteiger partial charge on any atom is -0.474 e. The second-order valence-corrected chi connectivity index (χ2v) is 6.77. The van der Waals surface area contributed by atoms with Crippen LogP contribution in [-0.2, 0) is 0 Å². The molecule has 2 N–H and O–H groups in total. The number of hydrogen-bond acceptors (Lipinski definition) is 5. The average Bonchev–Trinajstić information content (AvgIpc) is 2.61. The number of aromatic nitrogens is 2. The van der Waals surface area contributed by atoms with Crippen molar-refractivity contribution >= 4 is 45.7 Å². The third kappa shape index (κ3) is 3.88. The molecule has 10 heteroatoms. The molecular weight excluding hydrogens is 422 g/mol. The molecule has 0 bridgehead atoms. The minimum atomic E-state index is -1.15. The predicted octanol–water partition coefficient (Wildman–Crippen LogP) is 3.22. The van der Waals surface area contributed by atoms with Crippen LogP contribution in [0, 0.1) is 5.82 Å². The third-order valence-electron chi connectivity index (χ3n) is 3.68. The van der Waals surface area contributed by atoms with Crippen molar-refractivity contribution in [1.82, 2.24) is 9.55 Å². The van der Waals surface area contributed by atoms with Gasteiger partial charge in [-0.1, -0.05) is 34.8 Å². The van der Waals surface area contributed by atoms with Gasteiger partial charge < -0.3 is 19.5 Å². The van der Waals surface area contributed by atoms with Crippen molar-refractivity contribution in [2.24, 2.45) is 0 Å². The van der Waals surface area contributed by atoms with Crippen LogP contribution in [0.1, 0.15) is 0 Å². The molecule has 3 aromatic rings. The Morgan fingerprint density at radius 1 is 1.22 bits per heavy atom. The first-order valence-corrected chi connectivity index (χ1v) is 8.73. The van der Waals surface area contributed by atoms with Crippen molar-refractivity contribution in [3.05, 3.63) is 61.7 Å². The first-order valence-electron chi connectivity index (χ1n) is 7.60. The van der Waals surface area contributed by atoms with Gasteiger partial charge in [-0.25, -0.2) is 9.37 Å². The second kappa shape index (κ2) is 8.00. The van der Waals surface area contributed by atoms with Crippen LogP contribution in [0.2, 0.25) is 15.1 Å². The normalized spacial score (nSPS) is 12.4. The fraction of sp³-hybridized carbons (Fsp3) is 0.176. The minimum absolute atomic E-state index is 0.0102. The van der Waals surface area contributed by atoms with Crippen LogP contribution in [0.15, 0.2) is 35.4 Å². The van der Waals surface area contributed by atoms with Crippen molar-refractivity contribution in [3.63, 3.8) is 0 Å². The van der Waals surface area contributed by atoms with Gasteiger partial charge in [-0.2, -0.15) is 0 Å². The van der Waals surface area contributed by atoms with Crippen molar-refractivity contribution < 1.29 is 19.3 Å². The quantitative estimate of drug-likeness (QED) is 0.645. The molecule has 0 spiro atoms. The highest BCUT2D eigenvalue weighted by molar-refractivity contribution is 6.38. The summed E-state index contributed by atoms with van der Waals surface area (Å²) in [5.74, 6) is -0.704. The van der Waals surface area contributed by atoms with Crippen LogP contribution in [-0.4, -0.2) is 39.1 Å². The molecule has 0 aliphatic rings. The highest BCUT2D eigenvalue weighted by Gasteiger charge is 2.19. The summed E-state index contributed by atoms with van der Waals surface area (Å²) in [4.78, 5) is 16.4. The molecule has 0 saturated heterocycles. The highest BCUT2D eigenvalue weighted by atomic mass is 35.5. The molecule has 1 unspecified atom stereocenters. The van der Waals surface area contributed by atoms with Crippen LogP contribution >= 0.6 is 34.8 Å². The van der Waals surface area contributed by atoms with Gasteiger partial charge in [0, 0.05) is 12.3 Å². The molecule has 0 radical (unpaired) electrons. The zero-order valence-corrected chi connectivity index (χ0v) is 15.8. The summed E-state index contributed by atoms with van der Waals surface area (Å²) in [6.07, 6.45) is 1.50. The number of nitrogens with zero attached hydrogens (tertiary/aromatic N) is 2. The van der Waals surface area contributed by atoms with Crippen LogP contribution in [0.5, 0.6) is 5.88 Å². The smallest absolute Gasteiger partial charge is 0.227 e. The van der Waals surface area contributed by atoms with E-state index in [0.717, 1.165) is 12.1 Å². The monoisotopic (exact) mass is 432 g/mol. The van der Waals surface area contributed by atoms with Crippen molar-refractivity contribution in [3.8, 4) is 11.6 Å². The number of fused-ring (bicyclic) bond motifs is 1. The standard InChI is InChI=1S/C17H12Cl3FN2O4/c18-10-3-8(21)4-11(19)15(10)23-2-1-13(26)14-16(23)12(20)5-22-17(14)27-7-9(25)6-24/h1-5,9,24-25H,6-7H2. The Hall–Kier alpha value is -1.90. The van der Waals surface area contributed by atoms with Gasteiger partial charge in [0.05, 0.1) is 39.1 Å². The van der Waals surface area contributed by atoms with E-state index >= 15 is 0 Å². The fourth-order valence-corrected chi connectivity index (χ4v) is 3.38. The fourth-order valence-electron chi connectivity index (χ4n) is 2.51. The number of hydrogen-bond donors (Lipinski definition) is 2. The maximum atomic E-state index is 13.5. The Kier molecular flexibility index (Phi) is 5.88. The van der Waals surface area contributed by atoms with Gasteiger partial charge in [-0.15, -0.1) is 0 Å². The molecule has 3 rings (SSSR count). The molecule has 0 fully saturated rings. The highest BCUT2D eigenvalue weighted by Crippen LogP contribution is 2.35. The number of pyridine rings is 2. The van der Waals surface area contributed by atoms with E-state index in [1.807, 2.05) is 0 Å². The predicted molar refractivity (Wildman–Crippen MR) is 101 cm³/mol. The van der Waals surface area contributed by atoms with Gasteiger partial charge in [-0.3, -0.25) is 4.79 Å². The SMILES string of the molecule is O=c1ccn(-c2c(Cl)cc(F)cc2Cl)c2c(Cl)cnc(OCC(O)CO)c12. The Labute approximate surface area is 167 Å².